The minimum absolute atomic E-state index is 0.132. The first-order chi connectivity index (χ1) is 15.6. The van der Waals surface area contributed by atoms with Gasteiger partial charge in [-0.2, -0.15) is 0 Å². The van der Waals surface area contributed by atoms with E-state index in [2.05, 4.69) is 70.4 Å². The Morgan fingerprint density at radius 3 is 2.53 bits per heavy atom. The maximum Gasteiger partial charge on any atom is 0.224 e. The molecule has 0 aliphatic carbocycles. The van der Waals surface area contributed by atoms with Crippen molar-refractivity contribution < 1.29 is 4.79 Å². The number of anilines is 1. The van der Waals surface area contributed by atoms with Gasteiger partial charge in [0.05, 0.1) is 0 Å². The number of hydrogen-bond donors (Lipinski definition) is 1. The number of hydrogen-bond acceptors (Lipinski definition) is 4. The van der Waals surface area contributed by atoms with E-state index in [1.165, 1.54) is 17.5 Å². The molecule has 2 aromatic rings. The Morgan fingerprint density at radius 2 is 1.78 bits per heavy atom. The van der Waals surface area contributed by atoms with Crippen LogP contribution in [0.25, 0.3) is 0 Å². The zero-order valence-electron chi connectivity index (χ0n) is 19.7. The molecule has 0 bridgehead atoms. The van der Waals surface area contributed by atoms with Crippen LogP contribution in [-0.2, 0) is 11.3 Å². The number of piperidine rings is 1. The molecule has 32 heavy (non-hydrogen) atoms. The summed E-state index contributed by atoms with van der Waals surface area (Å²) in [6, 6.07) is 19.4. The highest BCUT2D eigenvalue weighted by atomic mass is 16.1. The van der Waals surface area contributed by atoms with Crippen LogP contribution < -0.4 is 5.32 Å². The molecule has 2 aliphatic rings. The van der Waals surface area contributed by atoms with E-state index in [9.17, 15) is 4.79 Å². The molecule has 0 aromatic heterocycles. The van der Waals surface area contributed by atoms with Crippen LogP contribution in [0.2, 0.25) is 0 Å². The summed E-state index contributed by atoms with van der Waals surface area (Å²) in [5.74, 6) is 0.659. The van der Waals surface area contributed by atoms with Gasteiger partial charge in [0.15, 0.2) is 0 Å². The summed E-state index contributed by atoms with van der Waals surface area (Å²) >= 11 is 0. The maximum atomic E-state index is 12.7. The van der Waals surface area contributed by atoms with E-state index in [1.54, 1.807) is 0 Å². The number of carbonyl (C=O) groups excluding carboxylic acids is 1. The van der Waals surface area contributed by atoms with Crippen molar-refractivity contribution in [1.29, 1.82) is 0 Å². The number of piperazine rings is 1. The van der Waals surface area contributed by atoms with Crippen molar-refractivity contribution in [3.05, 3.63) is 65.7 Å². The van der Waals surface area contributed by atoms with Crippen molar-refractivity contribution in [2.45, 2.75) is 38.8 Å². The SMILES string of the molecule is Cc1cccc(NC(=O)CC[C@H]2CN(Cc3ccccc3)CC[C@H]2N2CCN(C)CC2)c1. The summed E-state index contributed by atoms with van der Waals surface area (Å²) in [5.41, 5.74) is 3.45. The van der Waals surface area contributed by atoms with Gasteiger partial charge in [-0.3, -0.25) is 14.6 Å². The monoisotopic (exact) mass is 434 g/mol. The largest absolute Gasteiger partial charge is 0.326 e. The van der Waals surface area contributed by atoms with E-state index in [0.717, 1.165) is 57.9 Å². The molecule has 2 aliphatic heterocycles. The third-order valence-corrected chi connectivity index (χ3v) is 7.08. The third-order valence-electron chi connectivity index (χ3n) is 7.08. The molecular formula is C27H38N4O. The average molecular weight is 435 g/mol. The molecule has 4 rings (SSSR count). The van der Waals surface area contributed by atoms with Crippen molar-refractivity contribution in [2.75, 3.05) is 51.6 Å². The highest BCUT2D eigenvalue weighted by Gasteiger charge is 2.34. The van der Waals surface area contributed by atoms with Crippen LogP contribution in [0.5, 0.6) is 0 Å². The summed E-state index contributed by atoms with van der Waals surface area (Å²) in [7, 11) is 2.22. The van der Waals surface area contributed by atoms with Crippen molar-refractivity contribution in [1.82, 2.24) is 14.7 Å². The number of benzene rings is 2. The van der Waals surface area contributed by atoms with Gasteiger partial charge >= 0.3 is 0 Å². The molecule has 1 amide bonds. The Bertz CT molecular complexity index is 863. The van der Waals surface area contributed by atoms with Crippen LogP contribution >= 0.6 is 0 Å². The lowest BCUT2D eigenvalue weighted by Gasteiger charge is -2.46. The van der Waals surface area contributed by atoms with Gasteiger partial charge in [-0.25, -0.2) is 0 Å². The van der Waals surface area contributed by atoms with Crippen molar-refractivity contribution in [2.24, 2.45) is 5.92 Å². The fourth-order valence-corrected chi connectivity index (χ4v) is 5.26. The highest BCUT2D eigenvalue weighted by Crippen LogP contribution is 2.28. The number of rotatable bonds is 7. The Balaban J connectivity index is 1.37. The van der Waals surface area contributed by atoms with Crippen molar-refractivity contribution in [3.63, 3.8) is 0 Å². The first-order valence-electron chi connectivity index (χ1n) is 12.1. The van der Waals surface area contributed by atoms with E-state index in [0.29, 0.717) is 18.4 Å². The summed E-state index contributed by atoms with van der Waals surface area (Å²) in [4.78, 5) is 20.4. The number of amides is 1. The van der Waals surface area contributed by atoms with Gasteiger partial charge in [0, 0.05) is 57.4 Å². The number of nitrogens with zero attached hydrogens (tertiary/aromatic N) is 3. The van der Waals surface area contributed by atoms with Crippen LogP contribution in [0.4, 0.5) is 5.69 Å². The lowest BCUT2D eigenvalue weighted by Crippen LogP contribution is -2.56. The lowest BCUT2D eigenvalue weighted by molar-refractivity contribution is -0.116. The average Bonchev–Trinajstić information content (AvgIpc) is 2.79. The maximum absolute atomic E-state index is 12.7. The molecule has 5 heteroatoms. The Labute approximate surface area is 193 Å². The van der Waals surface area contributed by atoms with E-state index in [4.69, 9.17) is 0 Å². The fraction of sp³-hybridized carbons (Fsp3) is 0.519. The summed E-state index contributed by atoms with van der Waals surface area (Å²) in [6.07, 6.45) is 2.72. The summed E-state index contributed by atoms with van der Waals surface area (Å²) in [5, 5.41) is 3.10. The molecule has 0 spiro atoms. The molecule has 2 saturated heterocycles. The van der Waals surface area contributed by atoms with Crippen molar-refractivity contribution in [3.8, 4) is 0 Å². The molecule has 0 unspecified atom stereocenters. The van der Waals surface area contributed by atoms with Crippen LogP contribution in [0.1, 0.15) is 30.4 Å². The fourth-order valence-electron chi connectivity index (χ4n) is 5.26. The second-order valence-corrected chi connectivity index (χ2v) is 9.63. The lowest BCUT2D eigenvalue weighted by atomic mass is 9.86. The second-order valence-electron chi connectivity index (χ2n) is 9.63. The van der Waals surface area contributed by atoms with Gasteiger partial charge in [-0.1, -0.05) is 42.5 Å². The normalized spacial score (nSPS) is 23.2. The first-order valence-corrected chi connectivity index (χ1v) is 12.1. The molecule has 2 atom stereocenters. The van der Waals surface area contributed by atoms with Crippen LogP contribution in [0, 0.1) is 12.8 Å². The standard InChI is InChI=1S/C27H38N4O/c1-22-7-6-10-25(19-22)28-27(32)12-11-24-21-30(20-23-8-4-3-5-9-23)14-13-26(24)31-17-15-29(2)16-18-31/h3-10,19,24,26H,11-18,20-21H2,1-2H3,(H,28,32)/t24-,26+/m0/s1. The van der Waals surface area contributed by atoms with E-state index >= 15 is 0 Å². The number of aryl methyl sites for hydroxylation is 1. The topological polar surface area (TPSA) is 38.8 Å². The van der Waals surface area contributed by atoms with Gasteiger partial charge in [0.2, 0.25) is 5.91 Å². The molecule has 172 valence electrons. The van der Waals surface area contributed by atoms with Gasteiger partial charge < -0.3 is 10.2 Å². The van der Waals surface area contributed by atoms with Gasteiger partial charge in [0.25, 0.3) is 0 Å². The molecule has 2 fully saturated rings. The van der Waals surface area contributed by atoms with Crippen LogP contribution in [-0.4, -0.2) is 73.0 Å². The Hall–Kier alpha value is -2.21. The number of nitrogens with one attached hydrogen (secondary N) is 1. The molecule has 2 aromatic carbocycles. The predicted octanol–water partition coefficient (Wildman–Crippen LogP) is 3.85. The van der Waals surface area contributed by atoms with Gasteiger partial charge in [0.1, 0.15) is 0 Å². The first kappa shape index (κ1) is 23.0. The molecular weight excluding hydrogens is 396 g/mol. The minimum Gasteiger partial charge on any atom is -0.326 e. The minimum atomic E-state index is 0.132. The predicted molar refractivity (Wildman–Crippen MR) is 132 cm³/mol. The van der Waals surface area contributed by atoms with E-state index in [1.807, 2.05) is 18.2 Å². The molecule has 2 heterocycles. The zero-order valence-corrected chi connectivity index (χ0v) is 19.7. The molecule has 5 nitrogen and oxygen atoms in total. The Morgan fingerprint density at radius 1 is 1.00 bits per heavy atom. The molecule has 0 radical (unpaired) electrons. The number of carbonyl (C=O) groups is 1. The number of likely N-dealkylation sites (tertiary alicyclic amines) is 1. The van der Waals surface area contributed by atoms with Crippen LogP contribution in [0.3, 0.4) is 0 Å². The van der Waals surface area contributed by atoms with Crippen LogP contribution in [0.15, 0.2) is 54.6 Å². The van der Waals surface area contributed by atoms with Gasteiger partial charge in [-0.05, 0) is 62.5 Å². The van der Waals surface area contributed by atoms with E-state index in [-0.39, 0.29) is 5.91 Å². The summed E-state index contributed by atoms with van der Waals surface area (Å²) < 4.78 is 0. The Kier molecular flexibility index (Phi) is 7.95. The molecule has 0 saturated carbocycles. The van der Waals surface area contributed by atoms with E-state index < -0.39 is 0 Å². The second kappa shape index (κ2) is 11.1. The summed E-state index contributed by atoms with van der Waals surface area (Å²) in [6.45, 7) is 9.84. The highest BCUT2D eigenvalue weighted by molar-refractivity contribution is 5.90. The zero-order chi connectivity index (χ0) is 22.3. The van der Waals surface area contributed by atoms with Crippen molar-refractivity contribution >= 4 is 11.6 Å². The smallest absolute Gasteiger partial charge is 0.224 e. The third kappa shape index (κ3) is 6.41. The number of likely N-dealkylation sites (N-methyl/N-ethyl adjacent to an activating group) is 1. The quantitative estimate of drug-likeness (QED) is 0.718. The van der Waals surface area contributed by atoms with Gasteiger partial charge in [-0.15, -0.1) is 0 Å². The molecule has 1 N–H and O–H groups in total.